The number of rotatable bonds is 5. The number of hydrogen-bond donors (Lipinski definition) is 1. The van der Waals surface area contributed by atoms with E-state index >= 15 is 0 Å². The van der Waals surface area contributed by atoms with E-state index in [0.29, 0.717) is 5.41 Å². The van der Waals surface area contributed by atoms with E-state index in [1.807, 2.05) is 0 Å². The molecule has 0 saturated heterocycles. The quantitative estimate of drug-likeness (QED) is 0.772. The first-order chi connectivity index (χ1) is 8.05. The van der Waals surface area contributed by atoms with Crippen molar-refractivity contribution in [2.45, 2.75) is 64.2 Å². The van der Waals surface area contributed by atoms with E-state index in [0.717, 1.165) is 25.9 Å². The van der Waals surface area contributed by atoms with Crippen LogP contribution in [0.1, 0.15) is 58.3 Å². The summed E-state index contributed by atoms with van der Waals surface area (Å²) in [6, 6.07) is 0. The van der Waals surface area contributed by atoms with Crippen molar-refractivity contribution in [3.63, 3.8) is 0 Å². The second-order valence-electron chi connectivity index (χ2n) is 6.16. The van der Waals surface area contributed by atoms with Gasteiger partial charge in [-0.25, -0.2) is 8.78 Å². The lowest BCUT2D eigenvalue weighted by Crippen LogP contribution is -2.33. The Labute approximate surface area is 103 Å². The van der Waals surface area contributed by atoms with Gasteiger partial charge in [0.2, 0.25) is 5.92 Å². The fraction of sp³-hybridized carbons (Fsp3) is 1.00. The van der Waals surface area contributed by atoms with Crippen LogP contribution < -0.4 is 5.32 Å². The highest BCUT2D eigenvalue weighted by Crippen LogP contribution is 2.49. The average molecular weight is 245 g/mol. The van der Waals surface area contributed by atoms with E-state index in [-0.39, 0.29) is 18.8 Å². The SMILES string of the molecule is CCNCC1(CC2CCC(F)(F)C2)CCCC1. The molecule has 1 nitrogen and oxygen atoms in total. The highest BCUT2D eigenvalue weighted by molar-refractivity contribution is 4.92. The van der Waals surface area contributed by atoms with Gasteiger partial charge in [0.25, 0.3) is 0 Å². The second kappa shape index (κ2) is 5.21. The molecule has 0 spiro atoms. The molecule has 0 aromatic heterocycles. The minimum absolute atomic E-state index is 0.120. The summed E-state index contributed by atoms with van der Waals surface area (Å²) in [4.78, 5) is 0. The molecule has 0 radical (unpaired) electrons. The van der Waals surface area contributed by atoms with Crippen LogP contribution in [0.15, 0.2) is 0 Å². The molecular formula is C14H25F2N. The molecule has 2 aliphatic carbocycles. The Balaban J connectivity index is 1.89. The van der Waals surface area contributed by atoms with E-state index in [4.69, 9.17) is 0 Å². The van der Waals surface area contributed by atoms with Gasteiger partial charge in [-0.05, 0) is 43.6 Å². The molecule has 0 aromatic rings. The lowest BCUT2D eigenvalue weighted by molar-refractivity contribution is 0.00267. The summed E-state index contributed by atoms with van der Waals surface area (Å²) in [5.74, 6) is -2.11. The smallest absolute Gasteiger partial charge is 0.248 e. The highest BCUT2D eigenvalue weighted by atomic mass is 19.3. The third-order valence-electron chi connectivity index (χ3n) is 4.64. The van der Waals surface area contributed by atoms with Crippen molar-refractivity contribution < 1.29 is 8.78 Å². The first-order valence-corrected chi connectivity index (χ1v) is 7.14. The molecule has 2 rings (SSSR count). The molecule has 3 heteroatoms. The molecule has 0 aromatic carbocycles. The van der Waals surface area contributed by atoms with Gasteiger partial charge in [0.05, 0.1) is 0 Å². The van der Waals surface area contributed by atoms with Crippen molar-refractivity contribution in [3.8, 4) is 0 Å². The number of alkyl halides is 2. The molecule has 0 bridgehead atoms. The van der Waals surface area contributed by atoms with Crippen LogP contribution in [-0.2, 0) is 0 Å². The van der Waals surface area contributed by atoms with Crippen LogP contribution in [0.4, 0.5) is 8.78 Å². The molecule has 0 heterocycles. The van der Waals surface area contributed by atoms with Crippen molar-refractivity contribution in [2.75, 3.05) is 13.1 Å². The van der Waals surface area contributed by atoms with E-state index in [1.54, 1.807) is 0 Å². The lowest BCUT2D eigenvalue weighted by atomic mass is 9.77. The molecule has 2 fully saturated rings. The lowest BCUT2D eigenvalue weighted by Gasteiger charge is -2.32. The van der Waals surface area contributed by atoms with Crippen LogP contribution in [0.5, 0.6) is 0 Å². The van der Waals surface area contributed by atoms with Crippen LogP contribution in [0.25, 0.3) is 0 Å². The third-order valence-corrected chi connectivity index (χ3v) is 4.64. The fourth-order valence-corrected chi connectivity index (χ4v) is 3.80. The first-order valence-electron chi connectivity index (χ1n) is 7.14. The Bertz CT molecular complexity index is 247. The van der Waals surface area contributed by atoms with Gasteiger partial charge in [0.1, 0.15) is 0 Å². The largest absolute Gasteiger partial charge is 0.316 e. The highest BCUT2D eigenvalue weighted by Gasteiger charge is 2.43. The molecule has 100 valence electrons. The Hall–Kier alpha value is -0.180. The number of hydrogen-bond acceptors (Lipinski definition) is 1. The van der Waals surface area contributed by atoms with Gasteiger partial charge in [-0.3, -0.25) is 0 Å². The van der Waals surface area contributed by atoms with Crippen LogP contribution in [0.2, 0.25) is 0 Å². The maximum Gasteiger partial charge on any atom is 0.248 e. The van der Waals surface area contributed by atoms with Gasteiger partial charge < -0.3 is 5.32 Å². The summed E-state index contributed by atoms with van der Waals surface area (Å²) >= 11 is 0. The summed E-state index contributed by atoms with van der Waals surface area (Å²) < 4.78 is 26.5. The van der Waals surface area contributed by atoms with Crippen molar-refractivity contribution in [1.29, 1.82) is 0 Å². The van der Waals surface area contributed by atoms with Crippen LogP contribution in [0, 0.1) is 11.3 Å². The molecule has 17 heavy (non-hydrogen) atoms. The van der Waals surface area contributed by atoms with Gasteiger partial charge in [-0.1, -0.05) is 19.8 Å². The van der Waals surface area contributed by atoms with E-state index in [9.17, 15) is 8.78 Å². The van der Waals surface area contributed by atoms with Gasteiger partial charge in [-0.15, -0.1) is 0 Å². The molecule has 2 aliphatic rings. The topological polar surface area (TPSA) is 12.0 Å². The zero-order valence-corrected chi connectivity index (χ0v) is 10.9. The number of nitrogens with one attached hydrogen (secondary N) is 1. The van der Waals surface area contributed by atoms with Crippen molar-refractivity contribution in [1.82, 2.24) is 5.32 Å². The van der Waals surface area contributed by atoms with Crippen LogP contribution in [0.3, 0.4) is 0 Å². The van der Waals surface area contributed by atoms with Crippen LogP contribution >= 0.6 is 0 Å². The predicted octanol–water partition coefficient (Wildman–Crippen LogP) is 3.98. The zero-order chi connectivity index (χ0) is 12.4. The van der Waals surface area contributed by atoms with Crippen molar-refractivity contribution in [3.05, 3.63) is 0 Å². The van der Waals surface area contributed by atoms with E-state index in [1.165, 1.54) is 25.7 Å². The zero-order valence-electron chi connectivity index (χ0n) is 10.9. The Morgan fingerprint density at radius 2 is 1.88 bits per heavy atom. The Morgan fingerprint density at radius 1 is 1.18 bits per heavy atom. The van der Waals surface area contributed by atoms with Gasteiger partial charge >= 0.3 is 0 Å². The minimum Gasteiger partial charge on any atom is -0.316 e. The average Bonchev–Trinajstić information content (AvgIpc) is 2.84. The summed E-state index contributed by atoms with van der Waals surface area (Å²) in [5.41, 5.74) is 0.334. The number of halogens is 2. The van der Waals surface area contributed by atoms with Crippen molar-refractivity contribution >= 4 is 0 Å². The summed E-state index contributed by atoms with van der Waals surface area (Å²) in [6.45, 7) is 4.14. The maximum absolute atomic E-state index is 13.2. The molecular weight excluding hydrogens is 220 g/mol. The monoisotopic (exact) mass is 245 g/mol. The van der Waals surface area contributed by atoms with E-state index < -0.39 is 5.92 Å². The standard InChI is InChI=1S/C14H25F2N/c1-2-17-11-13(6-3-4-7-13)9-12-5-8-14(15,16)10-12/h12,17H,2-11H2,1H3. The Morgan fingerprint density at radius 3 is 2.41 bits per heavy atom. The van der Waals surface area contributed by atoms with Gasteiger partial charge in [0, 0.05) is 19.4 Å². The predicted molar refractivity (Wildman–Crippen MR) is 66.3 cm³/mol. The van der Waals surface area contributed by atoms with E-state index in [2.05, 4.69) is 12.2 Å². The summed E-state index contributed by atoms with van der Waals surface area (Å²) in [7, 11) is 0. The fourth-order valence-electron chi connectivity index (χ4n) is 3.80. The Kier molecular flexibility index (Phi) is 4.06. The normalized spacial score (nSPS) is 30.9. The molecule has 0 aliphatic heterocycles. The van der Waals surface area contributed by atoms with Crippen LogP contribution in [-0.4, -0.2) is 19.0 Å². The van der Waals surface area contributed by atoms with Gasteiger partial charge in [-0.2, -0.15) is 0 Å². The molecule has 1 atom stereocenters. The third kappa shape index (κ3) is 3.40. The first kappa shape index (κ1) is 13.3. The van der Waals surface area contributed by atoms with Crippen molar-refractivity contribution in [2.24, 2.45) is 11.3 Å². The minimum atomic E-state index is -2.37. The van der Waals surface area contributed by atoms with Gasteiger partial charge in [0.15, 0.2) is 0 Å². The molecule has 2 saturated carbocycles. The maximum atomic E-state index is 13.2. The molecule has 1 N–H and O–H groups in total. The summed E-state index contributed by atoms with van der Waals surface area (Å²) in [6.07, 6.45) is 7.07. The molecule has 0 amide bonds. The molecule has 1 unspecified atom stereocenters. The second-order valence-corrected chi connectivity index (χ2v) is 6.16. The summed E-state index contributed by atoms with van der Waals surface area (Å²) in [5, 5.41) is 3.44.